The van der Waals surface area contributed by atoms with Crippen molar-refractivity contribution < 1.29 is 19.1 Å². The third-order valence-electron chi connectivity index (χ3n) is 4.54. The molecule has 1 aliphatic rings. The molecule has 2 aromatic rings. The number of methoxy groups -OCH3 is 1. The van der Waals surface area contributed by atoms with Crippen molar-refractivity contribution >= 4 is 29.2 Å². The molecule has 9 heteroatoms. The summed E-state index contributed by atoms with van der Waals surface area (Å²) in [5, 5.41) is 5.41. The van der Waals surface area contributed by atoms with E-state index in [1.54, 1.807) is 43.5 Å². The maximum absolute atomic E-state index is 12.4. The highest BCUT2D eigenvalue weighted by atomic mass is 16.6. The Bertz CT molecular complexity index is 843. The van der Waals surface area contributed by atoms with Gasteiger partial charge in [0, 0.05) is 32.8 Å². The van der Waals surface area contributed by atoms with Gasteiger partial charge in [0.05, 0.1) is 30.1 Å². The number of amides is 2. The van der Waals surface area contributed by atoms with Gasteiger partial charge in [-0.1, -0.05) is 12.1 Å². The van der Waals surface area contributed by atoms with Crippen LogP contribution in [0.3, 0.4) is 0 Å². The highest BCUT2D eigenvalue weighted by Crippen LogP contribution is 2.21. The van der Waals surface area contributed by atoms with Crippen LogP contribution < -0.4 is 21.3 Å². The summed E-state index contributed by atoms with van der Waals surface area (Å²) in [5.74, 6) is 0.448. The van der Waals surface area contributed by atoms with Gasteiger partial charge < -0.3 is 30.7 Å². The van der Waals surface area contributed by atoms with Crippen LogP contribution >= 0.6 is 0 Å². The number of benzene rings is 1. The van der Waals surface area contributed by atoms with Gasteiger partial charge in [-0.15, -0.1) is 0 Å². The smallest absolute Gasteiger partial charge is 0.407 e. The predicted molar refractivity (Wildman–Crippen MR) is 110 cm³/mol. The molecule has 0 aliphatic carbocycles. The SMILES string of the molecule is COCCNC(=O)O[C@@H]1CCN(c2ccc(C(=O)Nc3ccccc3N)cn2)C1. The van der Waals surface area contributed by atoms with E-state index in [4.69, 9.17) is 15.2 Å². The fraction of sp³-hybridized carbons (Fsp3) is 0.350. The van der Waals surface area contributed by atoms with Crippen molar-refractivity contribution in [1.29, 1.82) is 0 Å². The average Bonchev–Trinajstić information content (AvgIpc) is 3.18. The Balaban J connectivity index is 1.52. The van der Waals surface area contributed by atoms with Crippen molar-refractivity contribution in [1.82, 2.24) is 10.3 Å². The largest absolute Gasteiger partial charge is 0.444 e. The van der Waals surface area contributed by atoms with Crippen molar-refractivity contribution in [3.05, 3.63) is 48.2 Å². The molecule has 0 spiro atoms. The number of nitrogens with two attached hydrogens (primary N) is 1. The van der Waals surface area contributed by atoms with Crippen LogP contribution in [0.5, 0.6) is 0 Å². The molecule has 1 aromatic carbocycles. The van der Waals surface area contributed by atoms with E-state index in [9.17, 15) is 9.59 Å². The lowest BCUT2D eigenvalue weighted by Gasteiger charge is -2.18. The molecule has 2 heterocycles. The number of pyridine rings is 1. The second-order valence-electron chi connectivity index (χ2n) is 6.63. The van der Waals surface area contributed by atoms with Crippen molar-refractivity contribution in [2.45, 2.75) is 12.5 Å². The number of nitrogens with one attached hydrogen (secondary N) is 2. The van der Waals surface area contributed by atoms with Crippen molar-refractivity contribution in [2.24, 2.45) is 0 Å². The summed E-state index contributed by atoms with van der Waals surface area (Å²) in [7, 11) is 1.57. The normalized spacial score (nSPS) is 15.8. The lowest BCUT2D eigenvalue weighted by Crippen LogP contribution is -2.32. The zero-order chi connectivity index (χ0) is 20.6. The highest BCUT2D eigenvalue weighted by Gasteiger charge is 2.26. The number of nitrogens with zero attached hydrogens (tertiary/aromatic N) is 2. The zero-order valence-electron chi connectivity index (χ0n) is 16.3. The Hall–Kier alpha value is -3.33. The maximum Gasteiger partial charge on any atom is 0.407 e. The van der Waals surface area contributed by atoms with Crippen LogP contribution in [0.4, 0.5) is 22.0 Å². The molecular weight excluding hydrogens is 374 g/mol. The van der Waals surface area contributed by atoms with E-state index < -0.39 is 6.09 Å². The van der Waals surface area contributed by atoms with Gasteiger partial charge in [0.15, 0.2) is 0 Å². The highest BCUT2D eigenvalue weighted by molar-refractivity contribution is 6.05. The molecule has 1 aromatic heterocycles. The number of alkyl carbamates (subject to hydrolysis) is 1. The van der Waals surface area contributed by atoms with Crippen molar-refractivity contribution in [3.8, 4) is 0 Å². The average molecular weight is 399 g/mol. The molecule has 0 bridgehead atoms. The van der Waals surface area contributed by atoms with E-state index in [0.717, 1.165) is 18.8 Å². The van der Waals surface area contributed by atoms with Crippen LogP contribution in [-0.4, -0.2) is 56.4 Å². The second-order valence-corrected chi connectivity index (χ2v) is 6.63. The first-order valence-electron chi connectivity index (χ1n) is 9.37. The van der Waals surface area contributed by atoms with Gasteiger partial charge in [-0.3, -0.25) is 4.79 Å². The summed E-state index contributed by atoms with van der Waals surface area (Å²) in [4.78, 5) is 30.5. The number of hydrogen-bond acceptors (Lipinski definition) is 7. The van der Waals surface area contributed by atoms with Gasteiger partial charge in [0.2, 0.25) is 0 Å². The molecule has 0 saturated carbocycles. The number of anilines is 3. The summed E-state index contributed by atoms with van der Waals surface area (Å²) in [6.07, 6.45) is 1.59. The molecule has 2 amide bonds. The first-order chi connectivity index (χ1) is 14.1. The predicted octanol–water partition coefficient (Wildman–Crippen LogP) is 1.87. The van der Waals surface area contributed by atoms with Crippen LogP contribution in [0.15, 0.2) is 42.6 Å². The molecule has 0 unspecified atom stereocenters. The fourth-order valence-corrected chi connectivity index (χ4v) is 2.99. The van der Waals surface area contributed by atoms with Gasteiger partial charge in [0.25, 0.3) is 5.91 Å². The molecule has 1 aliphatic heterocycles. The standard InChI is InChI=1S/C20H25N5O4/c1-28-11-9-22-20(27)29-15-8-10-25(13-15)18-7-6-14(12-23-18)19(26)24-17-5-3-2-4-16(17)21/h2-7,12,15H,8-11,13,21H2,1H3,(H,22,27)(H,24,26)/t15-/m1/s1. The Labute approximate surface area is 169 Å². The molecule has 1 fully saturated rings. The van der Waals surface area contributed by atoms with Crippen LogP contribution in [0.1, 0.15) is 16.8 Å². The second kappa shape index (κ2) is 9.74. The summed E-state index contributed by atoms with van der Waals surface area (Å²) in [6, 6.07) is 10.6. The van der Waals surface area contributed by atoms with Crippen LogP contribution in [0.25, 0.3) is 0 Å². The van der Waals surface area contributed by atoms with E-state index in [0.29, 0.717) is 36.6 Å². The van der Waals surface area contributed by atoms with E-state index in [1.165, 1.54) is 6.20 Å². The lowest BCUT2D eigenvalue weighted by atomic mass is 10.2. The van der Waals surface area contributed by atoms with Gasteiger partial charge in [0.1, 0.15) is 11.9 Å². The minimum atomic E-state index is -0.450. The van der Waals surface area contributed by atoms with Gasteiger partial charge in [-0.25, -0.2) is 9.78 Å². The zero-order valence-corrected chi connectivity index (χ0v) is 16.3. The molecule has 1 atom stereocenters. The fourth-order valence-electron chi connectivity index (χ4n) is 2.99. The first kappa shape index (κ1) is 20.4. The lowest BCUT2D eigenvalue weighted by molar-refractivity contribution is 0.102. The Morgan fingerprint density at radius 3 is 2.83 bits per heavy atom. The molecule has 4 N–H and O–H groups in total. The third-order valence-corrected chi connectivity index (χ3v) is 4.54. The number of rotatable bonds is 7. The summed E-state index contributed by atoms with van der Waals surface area (Å²) < 4.78 is 10.3. The van der Waals surface area contributed by atoms with E-state index in [-0.39, 0.29) is 12.0 Å². The van der Waals surface area contributed by atoms with Gasteiger partial charge >= 0.3 is 6.09 Å². The Morgan fingerprint density at radius 2 is 2.10 bits per heavy atom. The van der Waals surface area contributed by atoms with E-state index >= 15 is 0 Å². The quantitative estimate of drug-likeness (QED) is 0.480. The molecule has 1 saturated heterocycles. The van der Waals surface area contributed by atoms with Crippen LogP contribution in [0, 0.1) is 0 Å². The monoisotopic (exact) mass is 399 g/mol. The summed E-state index contributed by atoms with van der Waals surface area (Å²) in [5.41, 5.74) is 7.34. The molecule has 0 radical (unpaired) electrons. The number of nitrogen functional groups attached to an aromatic ring is 1. The molecular formula is C20H25N5O4. The minimum absolute atomic E-state index is 0.205. The number of ether oxygens (including phenoxy) is 2. The topological polar surface area (TPSA) is 119 Å². The first-order valence-corrected chi connectivity index (χ1v) is 9.37. The van der Waals surface area contributed by atoms with E-state index in [1.807, 2.05) is 4.90 Å². The molecule has 154 valence electrons. The molecule has 9 nitrogen and oxygen atoms in total. The van der Waals surface area contributed by atoms with Gasteiger partial charge in [-0.05, 0) is 24.3 Å². The number of carbonyl (C=O) groups excluding carboxylic acids is 2. The van der Waals surface area contributed by atoms with E-state index in [2.05, 4.69) is 15.6 Å². The van der Waals surface area contributed by atoms with Crippen molar-refractivity contribution in [3.63, 3.8) is 0 Å². The van der Waals surface area contributed by atoms with Gasteiger partial charge in [-0.2, -0.15) is 0 Å². The Kier molecular flexibility index (Phi) is 6.85. The number of aromatic nitrogens is 1. The van der Waals surface area contributed by atoms with Crippen LogP contribution in [0.2, 0.25) is 0 Å². The molecule has 29 heavy (non-hydrogen) atoms. The minimum Gasteiger partial charge on any atom is -0.444 e. The van der Waals surface area contributed by atoms with Crippen molar-refractivity contribution in [2.75, 3.05) is 49.3 Å². The number of para-hydroxylation sites is 2. The number of carbonyl (C=O) groups is 2. The van der Waals surface area contributed by atoms with Crippen LogP contribution in [-0.2, 0) is 9.47 Å². The third kappa shape index (κ3) is 5.58. The summed E-state index contributed by atoms with van der Waals surface area (Å²) in [6.45, 7) is 2.12. The number of hydrogen-bond donors (Lipinski definition) is 3. The Morgan fingerprint density at radius 1 is 1.28 bits per heavy atom. The maximum atomic E-state index is 12.4. The summed E-state index contributed by atoms with van der Waals surface area (Å²) >= 11 is 0. The molecule has 3 rings (SSSR count).